The number of nitrogens with zero attached hydrogens (tertiary/aromatic N) is 3. The van der Waals surface area contributed by atoms with Gasteiger partial charge in [-0.3, -0.25) is 4.90 Å². The highest BCUT2D eigenvalue weighted by Gasteiger charge is 2.22. The van der Waals surface area contributed by atoms with Crippen LogP contribution in [0.1, 0.15) is 50.1 Å². The number of piperidine rings is 1. The van der Waals surface area contributed by atoms with E-state index in [0.29, 0.717) is 17.9 Å². The molecule has 23 heavy (non-hydrogen) atoms. The standard InChI is InChI=1S/C18H26N4O/c1-2-9-17-20-21-18(23-17)19-14-16(15-10-5-3-6-11-15)22-12-7-4-8-13-22/h3,5-6,10-11,16H,2,4,7-9,12-14H2,1H3,(H,19,21). The Morgan fingerprint density at radius 3 is 2.65 bits per heavy atom. The third-order valence-corrected chi connectivity index (χ3v) is 4.39. The molecule has 2 aromatic rings. The Morgan fingerprint density at radius 2 is 1.91 bits per heavy atom. The van der Waals surface area contributed by atoms with E-state index in [1.807, 2.05) is 0 Å². The number of hydrogen-bond acceptors (Lipinski definition) is 5. The molecular formula is C18H26N4O. The molecule has 2 heterocycles. The van der Waals surface area contributed by atoms with Crippen LogP contribution >= 0.6 is 0 Å². The van der Waals surface area contributed by atoms with Gasteiger partial charge >= 0.3 is 6.01 Å². The number of benzene rings is 1. The molecule has 3 rings (SSSR count). The lowest BCUT2D eigenvalue weighted by molar-refractivity contribution is 0.170. The van der Waals surface area contributed by atoms with Crippen LogP contribution in [-0.4, -0.2) is 34.7 Å². The molecule has 1 N–H and O–H groups in total. The molecule has 1 unspecified atom stereocenters. The molecule has 5 heteroatoms. The lowest BCUT2D eigenvalue weighted by Gasteiger charge is -2.34. The molecule has 1 aromatic heterocycles. The smallest absolute Gasteiger partial charge is 0.315 e. The van der Waals surface area contributed by atoms with Gasteiger partial charge in [-0.25, -0.2) is 0 Å². The van der Waals surface area contributed by atoms with Crippen LogP contribution in [0.25, 0.3) is 0 Å². The summed E-state index contributed by atoms with van der Waals surface area (Å²) in [6, 6.07) is 11.6. The molecule has 1 atom stereocenters. The van der Waals surface area contributed by atoms with Gasteiger partial charge in [0.05, 0.1) is 6.04 Å². The average molecular weight is 314 g/mol. The molecule has 0 amide bonds. The van der Waals surface area contributed by atoms with E-state index < -0.39 is 0 Å². The number of likely N-dealkylation sites (tertiary alicyclic amines) is 1. The number of nitrogens with one attached hydrogen (secondary N) is 1. The summed E-state index contributed by atoms with van der Waals surface area (Å²) in [5.41, 5.74) is 1.34. The molecule has 0 radical (unpaired) electrons. The zero-order chi connectivity index (χ0) is 15.9. The van der Waals surface area contributed by atoms with Crippen molar-refractivity contribution in [1.29, 1.82) is 0 Å². The van der Waals surface area contributed by atoms with Crippen LogP contribution in [0.5, 0.6) is 0 Å². The van der Waals surface area contributed by atoms with Gasteiger partial charge in [0.1, 0.15) is 0 Å². The second-order valence-corrected chi connectivity index (χ2v) is 6.15. The first-order valence-corrected chi connectivity index (χ1v) is 8.72. The highest BCUT2D eigenvalue weighted by molar-refractivity contribution is 5.24. The van der Waals surface area contributed by atoms with E-state index in [9.17, 15) is 0 Å². The normalized spacial score (nSPS) is 17.1. The summed E-state index contributed by atoms with van der Waals surface area (Å²) in [4.78, 5) is 2.56. The maximum Gasteiger partial charge on any atom is 0.315 e. The SMILES string of the molecule is CCCc1nnc(NCC(c2ccccc2)N2CCCCC2)o1. The van der Waals surface area contributed by atoms with Crippen LogP contribution in [0.2, 0.25) is 0 Å². The minimum Gasteiger partial charge on any atom is -0.408 e. The Bertz CT molecular complexity index is 578. The van der Waals surface area contributed by atoms with Crippen molar-refractivity contribution >= 4 is 6.01 Å². The first kappa shape index (κ1) is 16.0. The first-order chi connectivity index (χ1) is 11.4. The van der Waals surface area contributed by atoms with Crippen molar-refractivity contribution < 1.29 is 4.42 Å². The van der Waals surface area contributed by atoms with E-state index in [0.717, 1.165) is 32.5 Å². The van der Waals surface area contributed by atoms with Gasteiger partial charge in [0.2, 0.25) is 5.89 Å². The molecule has 0 aliphatic carbocycles. The van der Waals surface area contributed by atoms with Gasteiger partial charge in [-0.2, -0.15) is 0 Å². The minimum absolute atomic E-state index is 0.345. The maximum absolute atomic E-state index is 5.65. The number of anilines is 1. The molecule has 0 saturated carbocycles. The predicted molar refractivity (Wildman–Crippen MR) is 91.4 cm³/mol. The van der Waals surface area contributed by atoms with Crippen molar-refractivity contribution in [2.45, 2.75) is 45.1 Å². The van der Waals surface area contributed by atoms with Crippen molar-refractivity contribution in [1.82, 2.24) is 15.1 Å². The third-order valence-electron chi connectivity index (χ3n) is 4.39. The molecule has 1 aliphatic heterocycles. The van der Waals surface area contributed by atoms with E-state index >= 15 is 0 Å². The van der Waals surface area contributed by atoms with E-state index in [-0.39, 0.29) is 0 Å². The maximum atomic E-state index is 5.65. The van der Waals surface area contributed by atoms with Gasteiger partial charge in [-0.15, -0.1) is 5.10 Å². The summed E-state index contributed by atoms with van der Waals surface area (Å²) in [7, 11) is 0. The monoisotopic (exact) mass is 314 g/mol. The minimum atomic E-state index is 0.345. The molecule has 1 fully saturated rings. The van der Waals surface area contributed by atoms with Gasteiger partial charge in [0.15, 0.2) is 0 Å². The van der Waals surface area contributed by atoms with Crippen LogP contribution < -0.4 is 5.32 Å². The summed E-state index contributed by atoms with van der Waals surface area (Å²) < 4.78 is 5.65. The highest BCUT2D eigenvalue weighted by atomic mass is 16.4. The Balaban J connectivity index is 1.67. The average Bonchev–Trinajstić information content (AvgIpc) is 3.05. The quantitative estimate of drug-likeness (QED) is 0.845. The summed E-state index contributed by atoms with van der Waals surface area (Å²) >= 11 is 0. The fraction of sp³-hybridized carbons (Fsp3) is 0.556. The van der Waals surface area contributed by atoms with Gasteiger partial charge in [0, 0.05) is 13.0 Å². The largest absolute Gasteiger partial charge is 0.408 e. The van der Waals surface area contributed by atoms with Crippen LogP contribution in [-0.2, 0) is 6.42 Å². The van der Waals surface area contributed by atoms with Gasteiger partial charge in [-0.05, 0) is 37.9 Å². The Morgan fingerprint density at radius 1 is 1.13 bits per heavy atom. The number of aryl methyl sites for hydroxylation is 1. The van der Waals surface area contributed by atoms with Crippen molar-refractivity contribution in [3.63, 3.8) is 0 Å². The van der Waals surface area contributed by atoms with Gasteiger partial charge in [-0.1, -0.05) is 48.8 Å². The van der Waals surface area contributed by atoms with Crippen LogP contribution in [0.15, 0.2) is 34.7 Å². The molecule has 5 nitrogen and oxygen atoms in total. The molecular weight excluding hydrogens is 288 g/mol. The summed E-state index contributed by atoms with van der Waals surface area (Å²) in [5, 5.41) is 11.5. The van der Waals surface area contributed by atoms with Gasteiger partial charge in [0.25, 0.3) is 0 Å². The van der Waals surface area contributed by atoms with Crippen molar-refractivity contribution in [2.75, 3.05) is 25.0 Å². The molecule has 1 saturated heterocycles. The van der Waals surface area contributed by atoms with E-state index in [1.165, 1.54) is 24.8 Å². The number of aromatic nitrogens is 2. The Kier molecular flexibility index (Phi) is 5.64. The van der Waals surface area contributed by atoms with E-state index in [4.69, 9.17) is 4.42 Å². The summed E-state index contributed by atoms with van der Waals surface area (Å²) in [5.74, 6) is 0.712. The van der Waals surface area contributed by atoms with E-state index in [2.05, 4.69) is 57.7 Å². The summed E-state index contributed by atoms with van der Waals surface area (Å²) in [6.07, 6.45) is 5.76. The molecule has 1 aliphatic rings. The van der Waals surface area contributed by atoms with Gasteiger partial charge < -0.3 is 9.73 Å². The fourth-order valence-electron chi connectivity index (χ4n) is 3.19. The predicted octanol–water partition coefficient (Wildman–Crippen LogP) is 3.66. The molecule has 0 bridgehead atoms. The highest BCUT2D eigenvalue weighted by Crippen LogP contribution is 2.25. The van der Waals surface area contributed by atoms with Crippen LogP contribution in [0.3, 0.4) is 0 Å². The Labute approximate surface area is 138 Å². The number of rotatable bonds is 7. The Hall–Kier alpha value is -1.88. The van der Waals surface area contributed by atoms with Crippen molar-refractivity contribution in [3.05, 3.63) is 41.8 Å². The lowest BCUT2D eigenvalue weighted by Crippen LogP contribution is -2.37. The van der Waals surface area contributed by atoms with Crippen LogP contribution in [0, 0.1) is 0 Å². The second-order valence-electron chi connectivity index (χ2n) is 6.15. The third kappa shape index (κ3) is 4.32. The van der Waals surface area contributed by atoms with E-state index in [1.54, 1.807) is 0 Å². The molecule has 1 aromatic carbocycles. The number of hydrogen-bond donors (Lipinski definition) is 1. The second kappa shape index (κ2) is 8.11. The zero-order valence-electron chi connectivity index (χ0n) is 13.9. The molecule has 0 spiro atoms. The lowest BCUT2D eigenvalue weighted by atomic mass is 10.0. The topological polar surface area (TPSA) is 54.2 Å². The first-order valence-electron chi connectivity index (χ1n) is 8.72. The van der Waals surface area contributed by atoms with Crippen molar-refractivity contribution in [2.24, 2.45) is 0 Å². The zero-order valence-corrected chi connectivity index (χ0v) is 13.9. The molecule has 124 valence electrons. The fourth-order valence-corrected chi connectivity index (χ4v) is 3.19. The van der Waals surface area contributed by atoms with Crippen LogP contribution in [0.4, 0.5) is 6.01 Å². The summed E-state index contributed by atoms with van der Waals surface area (Å²) in [6.45, 7) is 5.22. The van der Waals surface area contributed by atoms with Crippen molar-refractivity contribution in [3.8, 4) is 0 Å².